The van der Waals surface area contributed by atoms with Gasteiger partial charge in [0.25, 0.3) is 0 Å². The van der Waals surface area contributed by atoms with Crippen LogP contribution in [0.3, 0.4) is 0 Å². The van der Waals surface area contributed by atoms with Gasteiger partial charge in [-0.2, -0.15) is 0 Å². The predicted octanol–water partition coefficient (Wildman–Crippen LogP) is 4.37. The summed E-state index contributed by atoms with van der Waals surface area (Å²) in [6, 6.07) is 12.6. The third-order valence-corrected chi connectivity index (χ3v) is 3.31. The third-order valence-electron chi connectivity index (χ3n) is 2.52. The fourth-order valence-corrected chi connectivity index (χ4v) is 2.25. The molecular formula is C15H12BrClO3. The lowest BCUT2D eigenvalue weighted by Crippen LogP contribution is -2.10. The maximum absolute atomic E-state index is 10.9. The van der Waals surface area contributed by atoms with Crippen LogP contribution < -0.4 is 9.47 Å². The van der Waals surface area contributed by atoms with Crippen LogP contribution in [-0.2, 0) is 0 Å². The number of carbonyl (C=O) groups is 1. The van der Waals surface area contributed by atoms with Crippen molar-refractivity contribution in [2.75, 3.05) is 13.2 Å². The van der Waals surface area contributed by atoms with Crippen LogP contribution in [-0.4, -0.2) is 19.5 Å². The zero-order valence-electron chi connectivity index (χ0n) is 10.5. The quantitative estimate of drug-likeness (QED) is 0.570. The summed E-state index contributed by atoms with van der Waals surface area (Å²) in [5, 5.41) is 0.414. The van der Waals surface area contributed by atoms with Crippen LogP contribution in [0.25, 0.3) is 0 Å². The Morgan fingerprint density at radius 3 is 2.60 bits per heavy atom. The maximum atomic E-state index is 10.9. The number of halogens is 2. The topological polar surface area (TPSA) is 35.5 Å². The zero-order chi connectivity index (χ0) is 14.4. The second-order valence-corrected chi connectivity index (χ2v) is 5.25. The highest BCUT2D eigenvalue weighted by Crippen LogP contribution is 2.27. The highest BCUT2D eigenvalue weighted by molar-refractivity contribution is 9.10. The van der Waals surface area contributed by atoms with Crippen molar-refractivity contribution in [2.45, 2.75) is 0 Å². The van der Waals surface area contributed by atoms with Crippen LogP contribution in [0.1, 0.15) is 10.4 Å². The normalized spacial score (nSPS) is 10.1. The van der Waals surface area contributed by atoms with E-state index in [1.165, 1.54) is 0 Å². The van der Waals surface area contributed by atoms with Gasteiger partial charge in [0.05, 0.1) is 10.6 Å². The molecule has 0 saturated carbocycles. The van der Waals surface area contributed by atoms with Crippen LogP contribution in [0, 0.1) is 0 Å². The zero-order valence-corrected chi connectivity index (χ0v) is 12.9. The molecule has 3 nitrogen and oxygen atoms in total. The first-order valence-electron chi connectivity index (χ1n) is 5.95. The Morgan fingerprint density at radius 2 is 1.85 bits per heavy atom. The molecule has 5 heteroatoms. The van der Waals surface area contributed by atoms with E-state index in [1.807, 2.05) is 24.3 Å². The summed E-state index contributed by atoms with van der Waals surface area (Å²) < 4.78 is 12.0. The number of para-hydroxylation sites is 1. The number of hydrogen-bond acceptors (Lipinski definition) is 3. The van der Waals surface area contributed by atoms with Gasteiger partial charge in [-0.25, -0.2) is 0 Å². The summed E-state index contributed by atoms with van der Waals surface area (Å²) in [7, 11) is 0. The molecule has 0 spiro atoms. The number of ether oxygens (including phenoxy) is 2. The van der Waals surface area contributed by atoms with Crippen LogP contribution in [0.2, 0.25) is 5.02 Å². The van der Waals surface area contributed by atoms with E-state index in [4.69, 9.17) is 21.1 Å². The van der Waals surface area contributed by atoms with Crippen molar-refractivity contribution in [3.63, 3.8) is 0 Å². The molecule has 0 bridgehead atoms. The second kappa shape index (κ2) is 7.31. The average Bonchev–Trinajstić information content (AvgIpc) is 2.45. The second-order valence-electron chi connectivity index (χ2n) is 3.93. The Balaban J connectivity index is 1.89. The minimum Gasteiger partial charge on any atom is -0.490 e. The van der Waals surface area contributed by atoms with E-state index in [1.54, 1.807) is 18.2 Å². The lowest BCUT2D eigenvalue weighted by Gasteiger charge is -2.11. The molecule has 0 aliphatic rings. The fourth-order valence-electron chi connectivity index (χ4n) is 1.63. The fraction of sp³-hybridized carbons (Fsp3) is 0.133. The van der Waals surface area contributed by atoms with Gasteiger partial charge in [0, 0.05) is 4.47 Å². The highest BCUT2D eigenvalue weighted by atomic mass is 79.9. The standard InChI is InChI=1S/C15H12BrClO3/c16-12-4-2-5-13(9-12)19-7-8-20-15-11(10-18)3-1-6-14(15)17/h1-6,9-10H,7-8H2. The number of hydrogen-bond donors (Lipinski definition) is 0. The van der Waals surface area contributed by atoms with Crippen molar-refractivity contribution in [2.24, 2.45) is 0 Å². The van der Waals surface area contributed by atoms with E-state index in [0.29, 0.717) is 29.5 Å². The lowest BCUT2D eigenvalue weighted by atomic mass is 10.2. The maximum Gasteiger partial charge on any atom is 0.153 e. The van der Waals surface area contributed by atoms with E-state index in [9.17, 15) is 4.79 Å². The van der Waals surface area contributed by atoms with Crippen molar-refractivity contribution < 1.29 is 14.3 Å². The molecule has 2 aromatic rings. The first-order chi connectivity index (χ1) is 9.70. The summed E-state index contributed by atoms with van der Waals surface area (Å²) in [6.07, 6.45) is 0.719. The smallest absolute Gasteiger partial charge is 0.153 e. The molecule has 104 valence electrons. The Bertz CT molecular complexity index is 601. The highest BCUT2D eigenvalue weighted by Gasteiger charge is 2.07. The van der Waals surface area contributed by atoms with Gasteiger partial charge in [0.2, 0.25) is 0 Å². The first kappa shape index (κ1) is 14.9. The van der Waals surface area contributed by atoms with Crippen LogP contribution >= 0.6 is 27.5 Å². The van der Waals surface area contributed by atoms with Crippen molar-refractivity contribution in [3.05, 3.63) is 57.5 Å². The Morgan fingerprint density at radius 1 is 1.10 bits per heavy atom. The Labute approximate surface area is 130 Å². The van der Waals surface area contributed by atoms with Gasteiger partial charge in [-0.1, -0.05) is 39.7 Å². The van der Waals surface area contributed by atoms with Gasteiger partial charge >= 0.3 is 0 Å². The largest absolute Gasteiger partial charge is 0.490 e. The summed E-state index contributed by atoms with van der Waals surface area (Å²) >= 11 is 9.36. The molecular weight excluding hydrogens is 344 g/mol. The average molecular weight is 356 g/mol. The van der Waals surface area contributed by atoms with E-state index < -0.39 is 0 Å². The summed E-state index contributed by atoms with van der Waals surface area (Å²) in [4.78, 5) is 10.9. The van der Waals surface area contributed by atoms with Gasteiger partial charge in [0.15, 0.2) is 6.29 Å². The Kier molecular flexibility index (Phi) is 5.44. The summed E-state index contributed by atoms with van der Waals surface area (Å²) in [6.45, 7) is 0.664. The molecule has 2 rings (SSSR count). The number of carbonyl (C=O) groups excluding carboxylic acids is 1. The third kappa shape index (κ3) is 3.99. The lowest BCUT2D eigenvalue weighted by molar-refractivity contribution is 0.111. The minimum absolute atomic E-state index is 0.303. The van der Waals surface area contributed by atoms with Gasteiger partial charge in [-0.3, -0.25) is 4.79 Å². The molecule has 0 unspecified atom stereocenters. The molecule has 0 aromatic heterocycles. The van der Waals surface area contributed by atoms with Crippen molar-refractivity contribution >= 4 is 33.8 Å². The molecule has 0 heterocycles. The molecule has 0 N–H and O–H groups in total. The molecule has 20 heavy (non-hydrogen) atoms. The summed E-state index contributed by atoms with van der Waals surface area (Å²) in [5.74, 6) is 1.14. The van der Waals surface area contributed by atoms with Crippen LogP contribution in [0.15, 0.2) is 46.9 Å². The van der Waals surface area contributed by atoms with E-state index in [2.05, 4.69) is 15.9 Å². The van der Waals surface area contributed by atoms with Gasteiger partial charge in [-0.15, -0.1) is 0 Å². The number of aldehydes is 1. The minimum atomic E-state index is 0.303. The van der Waals surface area contributed by atoms with Crippen molar-refractivity contribution in [1.29, 1.82) is 0 Å². The van der Waals surface area contributed by atoms with Gasteiger partial charge in [-0.05, 0) is 30.3 Å². The molecule has 0 fully saturated rings. The Hall–Kier alpha value is -1.52. The molecule has 0 saturated heterocycles. The molecule has 0 atom stereocenters. The predicted molar refractivity (Wildman–Crippen MR) is 82.0 cm³/mol. The number of benzene rings is 2. The van der Waals surface area contributed by atoms with Crippen LogP contribution in [0.4, 0.5) is 0 Å². The molecule has 0 radical (unpaired) electrons. The van der Waals surface area contributed by atoms with E-state index in [-0.39, 0.29) is 0 Å². The van der Waals surface area contributed by atoms with Crippen molar-refractivity contribution in [1.82, 2.24) is 0 Å². The molecule has 0 aliphatic heterocycles. The first-order valence-corrected chi connectivity index (χ1v) is 7.12. The molecule has 2 aromatic carbocycles. The molecule has 0 amide bonds. The van der Waals surface area contributed by atoms with Crippen molar-refractivity contribution in [3.8, 4) is 11.5 Å². The van der Waals surface area contributed by atoms with Gasteiger partial charge in [0.1, 0.15) is 24.7 Å². The van der Waals surface area contributed by atoms with E-state index in [0.717, 1.165) is 16.5 Å². The molecule has 0 aliphatic carbocycles. The monoisotopic (exact) mass is 354 g/mol. The van der Waals surface area contributed by atoms with Crippen LogP contribution in [0.5, 0.6) is 11.5 Å². The summed E-state index contributed by atoms with van der Waals surface area (Å²) in [5.41, 5.74) is 0.431. The van der Waals surface area contributed by atoms with E-state index >= 15 is 0 Å². The number of rotatable bonds is 6. The van der Waals surface area contributed by atoms with Gasteiger partial charge < -0.3 is 9.47 Å². The SMILES string of the molecule is O=Cc1cccc(Cl)c1OCCOc1cccc(Br)c1.